The fraction of sp³-hybridized carbons (Fsp3) is 0.227. The van der Waals surface area contributed by atoms with Gasteiger partial charge in [0.1, 0.15) is 12.4 Å². The lowest BCUT2D eigenvalue weighted by Crippen LogP contribution is -2.17. The Kier molecular flexibility index (Phi) is 5.70. The third-order valence-electron chi connectivity index (χ3n) is 4.77. The van der Waals surface area contributed by atoms with Gasteiger partial charge >= 0.3 is 0 Å². The predicted octanol–water partition coefficient (Wildman–Crippen LogP) is 4.70. The third-order valence-corrected chi connectivity index (χ3v) is 6.42. The Bertz CT molecular complexity index is 1070. The molecule has 0 bridgehead atoms. The molecule has 0 spiro atoms. The number of pyridine rings is 1. The minimum Gasteiger partial charge on any atom is -0.487 e. The molecular formula is C22H24N2O3S. The number of anilines is 1. The smallest absolute Gasteiger partial charge is 0.262 e. The Morgan fingerprint density at radius 2 is 1.64 bits per heavy atom. The van der Waals surface area contributed by atoms with E-state index in [2.05, 4.69) is 9.71 Å². The van der Waals surface area contributed by atoms with Crippen molar-refractivity contribution < 1.29 is 13.2 Å². The van der Waals surface area contributed by atoms with Crippen molar-refractivity contribution in [1.29, 1.82) is 0 Å². The summed E-state index contributed by atoms with van der Waals surface area (Å²) in [4.78, 5) is 4.55. The number of aryl methyl sites for hydroxylation is 2. The number of benzene rings is 2. The van der Waals surface area contributed by atoms with Crippen molar-refractivity contribution in [2.24, 2.45) is 0 Å². The minimum absolute atomic E-state index is 0.312. The predicted molar refractivity (Wildman–Crippen MR) is 111 cm³/mol. The van der Waals surface area contributed by atoms with Crippen LogP contribution in [0.25, 0.3) is 0 Å². The molecule has 3 aromatic rings. The molecule has 3 rings (SSSR count). The summed E-state index contributed by atoms with van der Waals surface area (Å²) in [6, 6.07) is 14.5. The molecular weight excluding hydrogens is 372 g/mol. The zero-order valence-corrected chi connectivity index (χ0v) is 17.3. The van der Waals surface area contributed by atoms with Crippen LogP contribution >= 0.6 is 0 Å². The number of sulfonamides is 1. The second kappa shape index (κ2) is 8.02. The SMILES string of the molecule is Cc1cc(C)c(C)c(S(=O)(=O)Nc2cccc(OCc3ccccn3)c2)c1C. The summed E-state index contributed by atoms with van der Waals surface area (Å²) in [6.45, 7) is 7.83. The zero-order valence-electron chi connectivity index (χ0n) is 16.5. The topological polar surface area (TPSA) is 68.3 Å². The van der Waals surface area contributed by atoms with Crippen LogP contribution in [0.2, 0.25) is 0 Å². The van der Waals surface area contributed by atoms with Gasteiger partial charge in [-0.3, -0.25) is 9.71 Å². The molecule has 0 aliphatic heterocycles. The highest BCUT2D eigenvalue weighted by Crippen LogP contribution is 2.28. The second-order valence-electron chi connectivity index (χ2n) is 6.83. The van der Waals surface area contributed by atoms with Crippen LogP contribution in [0.3, 0.4) is 0 Å². The third kappa shape index (κ3) is 4.34. The van der Waals surface area contributed by atoms with Gasteiger partial charge in [-0.1, -0.05) is 18.2 Å². The van der Waals surface area contributed by atoms with Gasteiger partial charge in [-0.25, -0.2) is 8.42 Å². The monoisotopic (exact) mass is 396 g/mol. The van der Waals surface area contributed by atoms with Gasteiger partial charge in [0, 0.05) is 12.3 Å². The Balaban J connectivity index is 1.84. The van der Waals surface area contributed by atoms with Crippen molar-refractivity contribution in [3.63, 3.8) is 0 Å². The number of hydrogen-bond acceptors (Lipinski definition) is 4. The summed E-state index contributed by atoms with van der Waals surface area (Å²) in [6.07, 6.45) is 1.71. The molecule has 2 aromatic carbocycles. The van der Waals surface area contributed by atoms with E-state index in [1.807, 2.05) is 52.0 Å². The molecule has 146 valence electrons. The van der Waals surface area contributed by atoms with Crippen molar-refractivity contribution in [3.8, 4) is 5.75 Å². The standard InChI is InChI=1S/C22H24N2O3S/c1-15-12-16(2)18(4)22(17(15)3)28(25,26)24-19-9-7-10-21(13-19)27-14-20-8-5-6-11-23-20/h5-13,24H,14H2,1-4H3. The van der Waals surface area contributed by atoms with E-state index in [1.54, 1.807) is 30.5 Å². The lowest BCUT2D eigenvalue weighted by molar-refractivity contribution is 0.301. The van der Waals surface area contributed by atoms with Crippen LogP contribution in [0.15, 0.2) is 59.6 Å². The van der Waals surface area contributed by atoms with E-state index in [0.29, 0.717) is 22.9 Å². The Morgan fingerprint density at radius 3 is 2.29 bits per heavy atom. The van der Waals surface area contributed by atoms with Crippen LogP contribution in [0.5, 0.6) is 5.75 Å². The van der Waals surface area contributed by atoms with Crippen LogP contribution in [-0.4, -0.2) is 13.4 Å². The average molecular weight is 397 g/mol. The number of nitrogens with one attached hydrogen (secondary N) is 1. The molecule has 0 fully saturated rings. The molecule has 1 aromatic heterocycles. The molecule has 0 atom stereocenters. The number of ether oxygens (including phenoxy) is 1. The molecule has 5 nitrogen and oxygen atoms in total. The lowest BCUT2D eigenvalue weighted by atomic mass is 10.0. The fourth-order valence-corrected chi connectivity index (χ4v) is 4.75. The van der Waals surface area contributed by atoms with Gasteiger partial charge in [0.05, 0.1) is 16.3 Å². The average Bonchev–Trinajstić information content (AvgIpc) is 2.65. The highest BCUT2D eigenvalue weighted by molar-refractivity contribution is 7.92. The van der Waals surface area contributed by atoms with E-state index < -0.39 is 10.0 Å². The first kappa shape index (κ1) is 19.9. The van der Waals surface area contributed by atoms with Crippen LogP contribution in [0, 0.1) is 27.7 Å². The first-order chi connectivity index (χ1) is 13.3. The number of aromatic nitrogens is 1. The van der Waals surface area contributed by atoms with Crippen molar-refractivity contribution in [2.75, 3.05) is 4.72 Å². The molecule has 0 saturated heterocycles. The summed E-state index contributed by atoms with van der Waals surface area (Å²) in [5, 5.41) is 0. The van der Waals surface area contributed by atoms with Crippen molar-refractivity contribution >= 4 is 15.7 Å². The van der Waals surface area contributed by atoms with E-state index in [1.165, 1.54) is 0 Å². The number of rotatable bonds is 6. The van der Waals surface area contributed by atoms with E-state index in [-0.39, 0.29) is 0 Å². The molecule has 0 aliphatic rings. The van der Waals surface area contributed by atoms with Gasteiger partial charge in [0.2, 0.25) is 0 Å². The van der Waals surface area contributed by atoms with E-state index in [0.717, 1.165) is 27.9 Å². The molecule has 0 unspecified atom stereocenters. The molecule has 1 heterocycles. The maximum absolute atomic E-state index is 13.1. The molecule has 0 saturated carbocycles. The maximum atomic E-state index is 13.1. The quantitative estimate of drug-likeness (QED) is 0.656. The molecule has 0 amide bonds. The number of hydrogen-bond donors (Lipinski definition) is 1. The van der Waals surface area contributed by atoms with Crippen LogP contribution in [0.4, 0.5) is 5.69 Å². The van der Waals surface area contributed by atoms with E-state index >= 15 is 0 Å². The van der Waals surface area contributed by atoms with Crippen LogP contribution < -0.4 is 9.46 Å². The Labute approximate surface area is 166 Å². The van der Waals surface area contributed by atoms with Crippen molar-refractivity contribution in [1.82, 2.24) is 4.98 Å². The van der Waals surface area contributed by atoms with Gasteiger partial charge in [-0.2, -0.15) is 0 Å². The number of nitrogens with zero attached hydrogens (tertiary/aromatic N) is 1. The molecule has 1 N–H and O–H groups in total. The summed E-state index contributed by atoms with van der Waals surface area (Å²) < 4.78 is 34.6. The molecule has 0 radical (unpaired) electrons. The molecule has 6 heteroatoms. The highest BCUT2D eigenvalue weighted by atomic mass is 32.2. The first-order valence-corrected chi connectivity index (χ1v) is 10.5. The van der Waals surface area contributed by atoms with Gasteiger partial charge < -0.3 is 4.74 Å². The fourth-order valence-electron chi connectivity index (χ4n) is 3.08. The largest absolute Gasteiger partial charge is 0.487 e. The van der Waals surface area contributed by atoms with Crippen LogP contribution in [0.1, 0.15) is 27.9 Å². The minimum atomic E-state index is -3.72. The van der Waals surface area contributed by atoms with E-state index in [9.17, 15) is 8.42 Å². The molecule has 28 heavy (non-hydrogen) atoms. The Hall–Kier alpha value is -2.86. The first-order valence-electron chi connectivity index (χ1n) is 9.01. The molecule has 0 aliphatic carbocycles. The van der Waals surface area contributed by atoms with Crippen molar-refractivity contribution in [3.05, 3.63) is 82.7 Å². The maximum Gasteiger partial charge on any atom is 0.262 e. The summed E-state index contributed by atoms with van der Waals surface area (Å²) in [5.41, 5.74) is 4.69. The lowest BCUT2D eigenvalue weighted by Gasteiger charge is -2.17. The second-order valence-corrected chi connectivity index (χ2v) is 8.45. The highest BCUT2D eigenvalue weighted by Gasteiger charge is 2.22. The van der Waals surface area contributed by atoms with Crippen LogP contribution in [-0.2, 0) is 16.6 Å². The zero-order chi connectivity index (χ0) is 20.3. The summed E-state index contributed by atoms with van der Waals surface area (Å²) in [5.74, 6) is 0.569. The normalized spacial score (nSPS) is 11.3. The Morgan fingerprint density at radius 1 is 0.929 bits per heavy atom. The van der Waals surface area contributed by atoms with Gasteiger partial charge in [0.15, 0.2) is 0 Å². The van der Waals surface area contributed by atoms with Gasteiger partial charge in [0.25, 0.3) is 10.0 Å². The van der Waals surface area contributed by atoms with Gasteiger partial charge in [-0.15, -0.1) is 0 Å². The van der Waals surface area contributed by atoms with Gasteiger partial charge in [-0.05, 0) is 74.2 Å². The van der Waals surface area contributed by atoms with E-state index in [4.69, 9.17) is 4.74 Å². The van der Waals surface area contributed by atoms with Crippen molar-refractivity contribution in [2.45, 2.75) is 39.2 Å². The summed E-state index contributed by atoms with van der Waals surface area (Å²) >= 11 is 0. The summed E-state index contributed by atoms with van der Waals surface area (Å²) in [7, 11) is -3.72.